The van der Waals surface area contributed by atoms with Gasteiger partial charge in [-0.05, 0) is 101 Å². The number of hydrogen-bond donors (Lipinski definition) is 1. The molecule has 1 N–H and O–H groups in total. The van der Waals surface area contributed by atoms with Gasteiger partial charge in [0, 0.05) is 60.9 Å². The molecule has 2 aromatic rings. The number of nitrogens with one attached hydrogen (secondary N) is 1. The van der Waals surface area contributed by atoms with Crippen LogP contribution in [-0.4, -0.2) is 60.7 Å². The molecule has 1 saturated carbocycles. The Kier molecular flexibility index (Phi) is 8.80. The third kappa shape index (κ3) is 5.97. The van der Waals surface area contributed by atoms with Gasteiger partial charge < -0.3 is 15.0 Å². The Balaban J connectivity index is 1.37. The van der Waals surface area contributed by atoms with Gasteiger partial charge >= 0.3 is 0 Å². The van der Waals surface area contributed by atoms with E-state index in [9.17, 15) is 4.79 Å². The number of carbonyl (C=O) groups is 1. The minimum atomic E-state index is 0.00817. The average Bonchev–Trinajstić information content (AvgIpc) is 2.93. The summed E-state index contributed by atoms with van der Waals surface area (Å²) in [6.45, 7) is 11.7. The Hall–Kier alpha value is -2.70. The van der Waals surface area contributed by atoms with Crippen molar-refractivity contribution >= 4 is 11.6 Å². The number of ether oxygens (including phenoxy) is 1. The van der Waals surface area contributed by atoms with Gasteiger partial charge in [-0.2, -0.15) is 0 Å². The Morgan fingerprint density at radius 1 is 1.08 bits per heavy atom. The first-order valence-corrected chi connectivity index (χ1v) is 14.6. The summed E-state index contributed by atoms with van der Waals surface area (Å²) in [5.41, 5.74) is 7.68. The van der Waals surface area contributed by atoms with Gasteiger partial charge in [0.25, 0.3) is 5.91 Å². The summed E-state index contributed by atoms with van der Waals surface area (Å²) in [4.78, 5) is 23.5. The molecule has 2 aliphatic heterocycles. The van der Waals surface area contributed by atoms with Crippen LogP contribution in [0, 0.1) is 13.8 Å². The van der Waals surface area contributed by atoms with Crippen molar-refractivity contribution in [2.45, 2.75) is 84.3 Å². The highest BCUT2D eigenvalue weighted by atomic mass is 16.5. The molecule has 1 saturated heterocycles. The lowest BCUT2D eigenvalue weighted by atomic mass is 9.88. The van der Waals surface area contributed by atoms with Crippen LogP contribution in [0.25, 0.3) is 0 Å². The summed E-state index contributed by atoms with van der Waals surface area (Å²) in [5, 5.41) is 3.24. The molecule has 3 heterocycles. The molecule has 1 aromatic heterocycles. The van der Waals surface area contributed by atoms with E-state index in [1.807, 2.05) is 13.0 Å². The highest BCUT2D eigenvalue weighted by molar-refractivity contribution is 5.97. The van der Waals surface area contributed by atoms with Crippen LogP contribution >= 0.6 is 0 Å². The molecule has 3 aliphatic rings. The highest BCUT2D eigenvalue weighted by Crippen LogP contribution is 2.33. The first-order chi connectivity index (χ1) is 18.5. The third-order valence-corrected chi connectivity index (χ3v) is 8.76. The van der Waals surface area contributed by atoms with Gasteiger partial charge in [-0.1, -0.05) is 18.2 Å². The third-order valence-electron chi connectivity index (χ3n) is 8.76. The SMILES string of the molecule is CCN(c1cccc2c1C/C=C/CCc1cc(C)nc(C)c1CNC2=O)[C@H]1CC[C@@H](N2CCOCC2)CC1. The van der Waals surface area contributed by atoms with Crippen molar-refractivity contribution in [2.24, 2.45) is 0 Å². The Morgan fingerprint density at radius 3 is 2.63 bits per heavy atom. The second-order valence-corrected chi connectivity index (χ2v) is 11.1. The van der Waals surface area contributed by atoms with Crippen molar-refractivity contribution < 1.29 is 9.53 Å². The van der Waals surface area contributed by atoms with Gasteiger partial charge in [-0.25, -0.2) is 0 Å². The summed E-state index contributed by atoms with van der Waals surface area (Å²) >= 11 is 0. The predicted molar refractivity (Wildman–Crippen MR) is 154 cm³/mol. The molecule has 0 unspecified atom stereocenters. The van der Waals surface area contributed by atoms with Crippen LogP contribution in [0.3, 0.4) is 0 Å². The average molecular weight is 517 g/mol. The van der Waals surface area contributed by atoms with Crippen LogP contribution in [0.1, 0.15) is 77.5 Å². The standard InChI is InChI=1S/C32H44N4O2/c1-4-36(27-15-13-26(14-16-27)35-17-19-38-20-18-35)31-12-8-11-29-28(31)10-7-5-6-9-25-21-23(2)34-24(3)30(25)22-33-32(29)37/h5,7-8,11-12,21,26-27H,4,6,9-10,13-20,22H2,1-3H3,(H,33,37)/b7-5+/t26-,27+. The summed E-state index contributed by atoms with van der Waals surface area (Å²) in [6.07, 6.45) is 12.2. The molecule has 0 bridgehead atoms. The van der Waals surface area contributed by atoms with Gasteiger partial charge in [-0.15, -0.1) is 0 Å². The van der Waals surface area contributed by atoms with Crippen molar-refractivity contribution in [1.29, 1.82) is 0 Å². The zero-order valence-electron chi connectivity index (χ0n) is 23.5. The van der Waals surface area contributed by atoms with E-state index in [0.717, 1.165) is 80.2 Å². The maximum atomic E-state index is 13.6. The van der Waals surface area contributed by atoms with E-state index in [1.165, 1.54) is 36.9 Å². The van der Waals surface area contributed by atoms with Crippen molar-refractivity contribution in [3.05, 3.63) is 70.1 Å². The second kappa shape index (κ2) is 12.4. The van der Waals surface area contributed by atoms with Crippen molar-refractivity contribution in [3.63, 3.8) is 0 Å². The first kappa shape index (κ1) is 26.9. The first-order valence-electron chi connectivity index (χ1n) is 14.6. The molecule has 2 fully saturated rings. The zero-order valence-corrected chi connectivity index (χ0v) is 23.5. The van der Waals surface area contributed by atoms with Gasteiger partial charge in [-0.3, -0.25) is 14.7 Å². The zero-order chi connectivity index (χ0) is 26.5. The van der Waals surface area contributed by atoms with Gasteiger partial charge in [0.05, 0.1) is 13.2 Å². The van der Waals surface area contributed by atoms with Crippen LogP contribution in [0.2, 0.25) is 0 Å². The number of rotatable bonds is 4. The molecule has 1 amide bonds. The van der Waals surface area contributed by atoms with E-state index < -0.39 is 0 Å². The Labute approximate surface area is 228 Å². The minimum absolute atomic E-state index is 0.00817. The van der Waals surface area contributed by atoms with Crippen LogP contribution in [-0.2, 0) is 24.1 Å². The summed E-state index contributed by atoms with van der Waals surface area (Å²) in [6, 6.07) is 9.67. The van der Waals surface area contributed by atoms with Crippen LogP contribution in [0.4, 0.5) is 5.69 Å². The normalized spacial score (nSPS) is 23.8. The fraction of sp³-hybridized carbons (Fsp3) is 0.562. The van der Waals surface area contributed by atoms with E-state index >= 15 is 0 Å². The van der Waals surface area contributed by atoms with Gasteiger partial charge in [0.2, 0.25) is 0 Å². The van der Waals surface area contributed by atoms with E-state index in [-0.39, 0.29) is 5.91 Å². The van der Waals surface area contributed by atoms with Crippen LogP contribution in [0.5, 0.6) is 0 Å². The number of anilines is 1. The number of hydrogen-bond acceptors (Lipinski definition) is 5. The molecular formula is C32H44N4O2. The van der Waals surface area contributed by atoms with Crippen molar-refractivity contribution in [1.82, 2.24) is 15.2 Å². The molecule has 38 heavy (non-hydrogen) atoms. The largest absolute Gasteiger partial charge is 0.379 e. The lowest BCUT2D eigenvalue weighted by Gasteiger charge is -2.43. The van der Waals surface area contributed by atoms with Crippen LogP contribution < -0.4 is 10.2 Å². The molecule has 1 aromatic carbocycles. The number of allylic oxidation sites excluding steroid dienone is 2. The highest BCUT2D eigenvalue weighted by Gasteiger charge is 2.30. The van der Waals surface area contributed by atoms with Gasteiger partial charge in [0.15, 0.2) is 0 Å². The van der Waals surface area contributed by atoms with E-state index in [4.69, 9.17) is 4.74 Å². The van der Waals surface area contributed by atoms with E-state index in [2.05, 4.69) is 64.3 Å². The van der Waals surface area contributed by atoms with Crippen LogP contribution in [0.15, 0.2) is 36.4 Å². The Bertz CT molecular complexity index is 1150. The number of fused-ring (bicyclic) bond motifs is 2. The summed E-state index contributed by atoms with van der Waals surface area (Å²) in [7, 11) is 0. The maximum absolute atomic E-state index is 13.6. The molecule has 6 heteroatoms. The Morgan fingerprint density at radius 2 is 1.87 bits per heavy atom. The predicted octanol–water partition coefficient (Wildman–Crippen LogP) is 5.14. The molecule has 0 spiro atoms. The fourth-order valence-corrected chi connectivity index (χ4v) is 6.80. The molecule has 1 aliphatic carbocycles. The quantitative estimate of drug-likeness (QED) is 0.570. The minimum Gasteiger partial charge on any atom is -0.379 e. The topological polar surface area (TPSA) is 57.7 Å². The molecular weight excluding hydrogens is 472 g/mol. The maximum Gasteiger partial charge on any atom is 0.251 e. The van der Waals surface area contributed by atoms with E-state index in [1.54, 1.807) is 0 Å². The number of nitrogens with zero attached hydrogens (tertiary/aromatic N) is 3. The van der Waals surface area contributed by atoms with E-state index in [0.29, 0.717) is 18.6 Å². The van der Waals surface area contributed by atoms with Gasteiger partial charge in [0.1, 0.15) is 0 Å². The summed E-state index contributed by atoms with van der Waals surface area (Å²) < 4.78 is 5.57. The molecule has 0 atom stereocenters. The monoisotopic (exact) mass is 516 g/mol. The number of pyridine rings is 1. The van der Waals surface area contributed by atoms with Crippen molar-refractivity contribution in [2.75, 3.05) is 37.7 Å². The molecule has 5 rings (SSSR count). The molecule has 204 valence electrons. The molecule has 0 radical (unpaired) electrons. The number of amides is 1. The molecule has 6 nitrogen and oxygen atoms in total. The summed E-state index contributed by atoms with van der Waals surface area (Å²) in [5.74, 6) is 0.00817. The second-order valence-electron chi connectivity index (χ2n) is 11.1. The number of aryl methyl sites for hydroxylation is 3. The smallest absolute Gasteiger partial charge is 0.251 e. The van der Waals surface area contributed by atoms with Crippen molar-refractivity contribution in [3.8, 4) is 0 Å². The fourth-order valence-electron chi connectivity index (χ4n) is 6.80. The number of benzene rings is 1. The number of aromatic nitrogens is 1. The number of morpholine rings is 1. The lowest BCUT2D eigenvalue weighted by molar-refractivity contribution is 0.00730. The number of carbonyl (C=O) groups excluding carboxylic acids is 1. The lowest BCUT2D eigenvalue weighted by Crippen LogP contribution is -2.48.